The molecule has 0 heterocycles. The minimum Gasteiger partial charge on any atom is -0.339 e. The molecule has 1 aliphatic carbocycles. The second-order valence-corrected chi connectivity index (χ2v) is 5.44. The first kappa shape index (κ1) is 15.2. The molecule has 0 bridgehead atoms. The average molecular weight is 290 g/mol. The van der Waals surface area contributed by atoms with Gasteiger partial charge in [0.2, 0.25) is 0 Å². The molecule has 6 nitrogen and oxygen atoms in total. The highest BCUT2D eigenvalue weighted by Gasteiger charge is 2.27. The Morgan fingerprint density at radius 3 is 2.52 bits per heavy atom. The monoisotopic (exact) mass is 290 g/mol. The molecule has 1 aliphatic rings. The molecule has 0 unspecified atom stereocenters. The van der Waals surface area contributed by atoms with Crippen molar-refractivity contribution in [2.45, 2.75) is 38.6 Å². The van der Waals surface area contributed by atoms with Crippen molar-refractivity contribution in [3.63, 3.8) is 0 Å². The van der Waals surface area contributed by atoms with Crippen LogP contribution in [-0.4, -0.2) is 34.6 Å². The van der Waals surface area contributed by atoms with Gasteiger partial charge in [-0.3, -0.25) is 19.7 Å². The Morgan fingerprint density at radius 2 is 1.95 bits per heavy atom. The highest BCUT2D eigenvalue weighted by Crippen LogP contribution is 2.23. The summed E-state index contributed by atoms with van der Waals surface area (Å²) in [4.78, 5) is 35.7. The molecule has 1 aromatic carbocycles. The number of aryl methyl sites for hydroxylation is 1. The highest BCUT2D eigenvalue weighted by atomic mass is 16.6. The molecule has 0 spiro atoms. The Kier molecular flexibility index (Phi) is 4.35. The number of non-ortho nitro benzene ring substituents is 1. The molecule has 0 radical (unpaired) electrons. The van der Waals surface area contributed by atoms with Crippen LogP contribution in [0.4, 0.5) is 5.69 Å². The lowest BCUT2D eigenvalue weighted by Gasteiger charge is -2.31. The predicted molar refractivity (Wildman–Crippen MR) is 77.2 cm³/mol. The minimum atomic E-state index is -0.504. The number of nitro benzene ring substituents is 1. The van der Waals surface area contributed by atoms with Crippen molar-refractivity contribution in [3.05, 3.63) is 39.4 Å². The van der Waals surface area contributed by atoms with Crippen LogP contribution < -0.4 is 0 Å². The van der Waals surface area contributed by atoms with E-state index in [1.165, 1.54) is 12.1 Å². The second kappa shape index (κ2) is 6.03. The van der Waals surface area contributed by atoms with E-state index in [2.05, 4.69) is 0 Å². The van der Waals surface area contributed by atoms with E-state index >= 15 is 0 Å². The van der Waals surface area contributed by atoms with Crippen molar-refractivity contribution < 1.29 is 14.5 Å². The lowest BCUT2D eigenvalue weighted by Crippen LogP contribution is -2.39. The molecule has 0 N–H and O–H groups in total. The molecule has 1 amide bonds. The maximum absolute atomic E-state index is 12.5. The Hall–Kier alpha value is -2.24. The van der Waals surface area contributed by atoms with E-state index < -0.39 is 4.92 Å². The molecular formula is C15H18N2O4. The third-order valence-corrected chi connectivity index (χ3v) is 4.04. The first-order valence-electron chi connectivity index (χ1n) is 6.94. The number of hydrogen-bond donors (Lipinski definition) is 0. The van der Waals surface area contributed by atoms with Crippen LogP contribution in [0.15, 0.2) is 18.2 Å². The van der Waals surface area contributed by atoms with Crippen LogP contribution in [0.3, 0.4) is 0 Å². The van der Waals surface area contributed by atoms with Gasteiger partial charge in [0.25, 0.3) is 11.6 Å². The van der Waals surface area contributed by atoms with E-state index in [1.54, 1.807) is 24.9 Å². The summed E-state index contributed by atoms with van der Waals surface area (Å²) >= 11 is 0. The largest absolute Gasteiger partial charge is 0.339 e. The van der Waals surface area contributed by atoms with Crippen LogP contribution in [0.25, 0.3) is 0 Å². The summed E-state index contributed by atoms with van der Waals surface area (Å²) in [5.74, 6) is 0.00850. The van der Waals surface area contributed by atoms with E-state index in [9.17, 15) is 19.7 Å². The third kappa shape index (κ3) is 3.26. The zero-order valence-corrected chi connectivity index (χ0v) is 12.2. The van der Waals surface area contributed by atoms with E-state index in [4.69, 9.17) is 0 Å². The van der Waals surface area contributed by atoms with Crippen molar-refractivity contribution in [3.8, 4) is 0 Å². The van der Waals surface area contributed by atoms with Gasteiger partial charge in [0.15, 0.2) is 0 Å². The number of rotatable bonds is 3. The smallest absolute Gasteiger partial charge is 0.270 e. The van der Waals surface area contributed by atoms with Gasteiger partial charge < -0.3 is 4.90 Å². The fourth-order valence-corrected chi connectivity index (χ4v) is 2.62. The number of hydrogen-bond acceptors (Lipinski definition) is 4. The fourth-order valence-electron chi connectivity index (χ4n) is 2.62. The molecule has 21 heavy (non-hydrogen) atoms. The molecule has 0 atom stereocenters. The first-order valence-corrected chi connectivity index (χ1v) is 6.94. The van der Waals surface area contributed by atoms with Gasteiger partial charge in [-0.05, 0) is 25.3 Å². The van der Waals surface area contributed by atoms with Crippen LogP contribution in [0, 0.1) is 17.0 Å². The summed E-state index contributed by atoms with van der Waals surface area (Å²) in [6, 6.07) is 4.32. The average Bonchev–Trinajstić information content (AvgIpc) is 2.47. The lowest BCUT2D eigenvalue weighted by molar-refractivity contribution is -0.384. The number of nitro groups is 1. The van der Waals surface area contributed by atoms with Crippen LogP contribution >= 0.6 is 0 Å². The van der Waals surface area contributed by atoms with Gasteiger partial charge in [0, 0.05) is 43.6 Å². The molecular weight excluding hydrogens is 272 g/mol. The minimum absolute atomic E-state index is 0.0221. The molecule has 0 aromatic heterocycles. The Bertz CT molecular complexity index is 587. The number of carbonyl (C=O) groups excluding carboxylic acids is 2. The Labute approximate surface area is 122 Å². The third-order valence-electron chi connectivity index (χ3n) is 4.04. The molecule has 0 saturated heterocycles. The Morgan fingerprint density at radius 1 is 1.33 bits per heavy atom. The summed E-state index contributed by atoms with van der Waals surface area (Å²) in [7, 11) is 1.70. The maximum atomic E-state index is 12.5. The van der Waals surface area contributed by atoms with Gasteiger partial charge in [0.05, 0.1) is 4.92 Å². The van der Waals surface area contributed by atoms with Crippen LogP contribution in [0.2, 0.25) is 0 Å². The number of benzene rings is 1. The summed E-state index contributed by atoms with van der Waals surface area (Å²) in [6.45, 7) is 1.76. The number of nitrogens with zero attached hydrogens (tertiary/aromatic N) is 2. The van der Waals surface area contributed by atoms with E-state index in [0.717, 1.165) is 0 Å². The number of amides is 1. The second-order valence-electron chi connectivity index (χ2n) is 5.44. The normalized spacial score (nSPS) is 15.8. The predicted octanol–water partition coefficient (Wildman–Crippen LogP) is 2.49. The van der Waals surface area contributed by atoms with Gasteiger partial charge in [-0.1, -0.05) is 6.07 Å². The molecule has 1 aromatic rings. The summed E-state index contributed by atoms with van der Waals surface area (Å²) in [6.07, 6.45) is 2.32. The van der Waals surface area contributed by atoms with Crippen LogP contribution in [-0.2, 0) is 4.79 Å². The van der Waals surface area contributed by atoms with E-state index in [0.29, 0.717) is 36.8 Å². The molecule has 6 heteroatoms. The molecule has 112 valence electrons. The lowest BCUT2D eigenvalue weighted by atomic mass is 9.93. The summed E-state index contributed by atoms with van der Waals surface area (Å²) in [5.41, 5.74) is 0.976. The number of ketones is 1. The van der Waals surface area contributed by atoms with E-state index in [-0.39, 0.29) is 23.4 Å². The zero-order chi connectivity index (χ0) is 15.6. The molecule has 1 saturated carbocycles. The van der Waals surface area contributed by atoms with Crippen LogP contribution in [0.5, 0.6) is 0 Å². The summed E-state index contributed by atoms with van der Waals surface area (Å²) < 4.78 is 0. The van der Waals surface area contributed by atoms with Crippen molar-refractivity contribution in [1.29, 1.82) is 0 Å². The fraction of sp³-hybridized carbons (Fsp3) is 0.467. The van der Waals surface area contributed by atoms with Gasteiger partial charge in [-0.25, -0.2) is 0 Å². The molecule has 1 fully saturated rings. The van der Waals surface area contributed by atoms with Gasteiger partial charge >= 0.3 is 0 Å². The van der Waals surface area contributed by atoms with Gasteiger partial charge in [0.1, 0.15) is 5.78 Å². The zero-order valence-electron chi connectivity index (χ0n) is 12.2. The standard InChI is InChI=1S/C15H18N2O4/c1-10-3-4-12(17(20)21)9-14(10)15(19)16(2)11-5-7-13(18)8-6-11/h3-4,9,11H,5-8H2,1-2H3. The van der Waals surface area contributed by atoms with Crippen LogP contribution in [0.1, 0.15) is 41.6 Å². The topological polar surface area (TPSA) is 80.5 Å². The molecule has 2 rings (SSSR count). The van der Waals surface area contributed by atoms with Gasteiger partial charge in [-0.15, -0.1) is 0 Å². The van der Waals surface area contributed by atoms with Crippen molar-refractivity contribution in [2.75, 3.05) is 7.05 Å². The maximum Gasteiger partial charge on any atom is 0.270 e. The van der Waals surface area contributed by atoms with Crippen molar-refractivity contribution >= 4 is 17.4 Å². The van der Waals surface area contributed by atoms with Crippen molar-refractivity contribution in [1.82, 2.24) is 4.90 Å². The van der Waals surface area contributed by atoms with E-state index in [1.807, 2.05) is 0 Å². The Balaban J connectivity index is 2.21. The first-order chi connectivity index (χ1) is 9.90. The van der Waals surface area contributed by atoms with Gasteiger partial charge in [-0.2, -0.15) is 0 Å². The highest BCUT2D eigenvalue weighted by molar-refractivity contribution is 5.96. The SMILES string of the molecule is Cc1ccc([N+](=O)[O-])cc1C(=O)N(C)C1CCC(=O)CC1. The number of carbonyl (C=O) groups is 2. The van der Waals surface area contributed by atoms with Crippen molar-refractivity contribution in [2.24, 2.45) is 0 Å². The quantitative estimate of drug-likeness (QED) is 0.632. The summed E-state index contributed by atoms with van der Waals surface area (Å²) in [5, 5.41) is 10.8. The molecule has 0 aliphatic heterocycles. The number of Topliss-reactive ketones (excluding diaryl/α,β-unsaturated/α-hetero) is 1.